The second-order valence-electron chi connectivity index (χ2n) is 3.76. The summed E-state index contributed by atoms with van der Waals surface area (Å²) < 4.78 is 0. The highest BCUT2D eigenvalue weighted by atomic mass is 16.1. The number of rotatable bonds is 6. The maximum atomic E-state index is 11.6. The third kappa shape index (κ3) is 4.40. The molecule has 0 saturated carbocycles. The lowest BCUT2D eigenvalue weighted by molar-refractivity contribution is 0.0953. The number of pyridine rings is 1. The van der Waals surface area contributed by atoms with Crippen molar-refractivity contribution < 1.29 is 4.79 Å². The second kappa shape index (κ2) is 6.95. The number of hydrogen-bond acceptors (Lipinski definition) is 3. The summed E-state index contributed by atoms with van der Waals surface area (Å²) in [6.45, 7) is 5.69. The van der Waals surface area contributed by atoms with Crippen molar-refractivity contribution in [2.75, 3.05) is 13.1 Å². The van der Waals surface area contributed by atoms with E-state index >= 15 is 0 Å². The molecule has 0 radical (unpaired) electrons. The van der Waals surface area contributed by atoms with Crippen molar-refractivity contribution in [2.24, 2.45) is 0 Å². The normalized spacial score (nSPS) is 12.1. The first kappa shape index (κ1) is 12.6. The summed E-state index contributed by atoms with van der Waals surface area (Å²) in [5, 5.41) is 6.15. The molecule has 0 aliphatic rings. The number of nitrogens with one attached hydrogen (secondary N) is 2. The Balaban J connectivity index is 2.21. The summed E-state index contributed by atoms with van der Waals surface area (Å²) in [5.74, 6) is -0.0703. The van der Waals surface area contributed by atoms with Crippen molar-refractivity contribution in [3.63, 3.8) is 0 Å². The van der Waals surface area contributed by atoms with E-state index in [1.54, 1.807) is 24.5 Å². The molecule has 0 aromatic carbocycles. The fourth-order valence-corrected chi connectivity index (χ4v) is 1.24. The Morgan fingerprint density at radius 1 is 1.50 bits per heavy atom. The Labute approximate surface area is 96.5 Å². The van der Waals surface area contributed by atoms with E-state index in [-0.39, 0.29) is 5.91 Å². The third-order valence-electron chi connectivity index (χ3n) is 2.44. The summed E-state index contributed by atoms with van der Waals surface area (Å²) in [5.41, 5.74) is 0.603. The topological polar surface area (TPSA) is 54.0 Å². The molecule has 1 unspecified atom stereocenters. The fraction of sp³-hybridized carbons (Fsp3) is 0.500. The van der Waals surface area contributed by atoms with E-state index in [1.807, 2.05) is 0 Å². The average Bonchev–Trinajstić information content (AvgIpc) is 2.35. The van der Waals surface area contributed by atoms with Crippen LogP contribution in [-0.4, -0.2) is 30.0 Å². The molecule has 4 heteroatoms. The molecule has 0 aliphatic carbocycles. The van der Waals surface area contributed by atoms with E-state index in [0.717, 1.165) is 13.0 Å². The van der Waals surface area contributed by atoms with E-state index in [0.29, 0.717) is 18.2 Å². The molecule has 0 aliphatic heterocycles. The molecule has 0 saturated heterocycles. The Morgan fingerprint density at radius 3 is 2.94 bits per heavy atom. The molecule has 88 valence electrons. The standard InChI is InChI=1S/C12H19N3O/c1-3-10(2)14-7-8-15-12(16)11-5-4-6-13-9-11/h4-6,9-10,14H,3,7-8H2,1-2H3,(H,15,16). The smallest absolute Gasteiger partial charge is 0.252 e. The monoisotopic (exact) mass is 221 g/mol. The molecular weight excluding hydrogens is 202 g/mol. The molecule has 1 aromatic heterocycles. The summed E-state index contributed by atoms with van der Waals surface area (Å²) in [6, 6.07) is 4.01. The molecule has 1 rings (SSSR count). The molecule has 1 aromatic rings. The van der Waals surface area contributed by atoms with Crippen LogP contribution in [0.2, 0.25) is 0 Å². The van der Waals surface area contributed by atoms with Crippen LogP contribution in [0.25, 0.3) is 0 Å². The van der Waals surface area contributed by atoms with Gasteiger partial charge >= 0.3 is 0 Å². The summed E-state index contributed by atoms with van der Waals surface area (Å²) in [6.07, 6.45) is 4.31. The Morgan fingerprint density at radius 2 is 2.31 bits per heavy atom. The van der Waals surface area contributed by atoms with Crippen molar-refractivity contribution >= 4 is 5.91 Å². The van der Waals surface area contributed by atoms with Crippen LogP contribution in [0.5, 0.6) is 0 Å². The lowest BCUT2D eigenvalue weighted by Crippen LogP contribution is -2.35. The van der Waals surface area contributed by atoms with Crippen LogP contribution in [-0.2, 0) is 0 Å². The Hall–Kier alpha value is -1.42. The van der Waals surface area contributed by atoms with Gasteiger partial charge < -0.3 is 10.6 Å². The van der Waals surface area contributed by atoms with Gasteiger partial charge in [0.25, 0.3) is 5.91 Å². The predicted octanol–water partition coefficient (Wildman–Crippen LogP) is 1.20. The van der Waals surface area contributed by atoms with E-state index in [1.165, 1.54) is 0 Å². The lowest BCUT2D eigenvalue weighted by atomic mass is 10.2. The van der Waals surface area contributed by atoms with Gasteiger partial charge in [0.05, 0.1) is 5.56 Å². The van der Waals surface area contributed by atoms with E-state index in [2.05, 4.69) is 29.5 Å². The number of aromatic nitrogens is 1. The minimum Gasteiger partial charge on any atom is -0.351 e. The highest BCUT2D eigenvalue weighted by molar-refractivity contribution is 5.93. The quantitative estimate of drug-likeness (QED) is 0.710. The average molecular weight is 221 g/mol. The van der Waals surface area contributed by atoms with Gasteiger partial charge in [0, 0.05) is 31.5 Å². The first-order valence-corrected chi connectivity index (χ1v) is 5.65. The molecule has 0 fully saturated rings. The maximum Gasteiger partial charge on any atom is 0.252 e. The molecule has 1 heterocycles. The van der Waals surface area contributed by atoms with Crippen molar-refractivity contribution in [1.82, 2.24) is 15.6 Å². The molecule has 0 bridgehead atoms. The predicted molar refractivity (Wildman–Crippen MR) is 64.3 cm³/mol. The third-order valence-corrected chi connectivity index (χ3v) is 2.44. The van der Waals surface area contributed by atoms with E-state index in [4.69, 9.17) is 0 Å². The molecule has 1 atom stereocenters. The van der Waals surface area contributed by atoms with Crippen LogP contribution >= 0.6 is 0 Å². The minimum atomic E-state index is -0.0703. The molecule has 1 amide bonds. The van der Waals surface area contributed by atoms with Crippen molar-refractivity contribution in [3.8, 4) is 0 Å². The van der Waals surface area contributed by atoms with Gasteiger partial charge in [-0.3, -0.25) is 9.78 Å². The molecule has 16 heavy (non-hydrogen) atoms. The first-order valence-electron chi connectivity index (χ1n) is 5.65. The van der Waals surface area contributed by atoms with Crippen LogP contribution in [0.3, 0.4) is 0 Å². The van der Waals surface area contributed by atoms with Gasteiger partial charge in [-0.1, -0.05) is 6.92 Å². The van der Waals surface area contributed by atoms with Gasteiger partial charge in [-0.2, -0.15) is 0 Å². The first-order chi connectivity index (χ1) is 7.74. The Kier molecular flexibility index (Phi) is 5.50. The van der Waals surface area contributed by atoms with Crippen LogP contribution < -0.4 is 10.6 Å². The molecule has 4 nitrogen and oxygen atoms in total. The van der Waals surface area contributed by atoms with Gasteiger partial charge in [-0.25, -0.2) is 0 Å². The molecule has 0 spiro atoms. The van der Waals surface area contributed by atoms with Crippen molar-refractivity contribution in [2.45, 2.75) is 26.3 Å². The zero-order valence-electron chi connectivity index (χ0n) is 9.86. The largest absolute Gasteiger partial charge is 0.351 e. The highest BCUT2D eigenvalue weighted by Crippen LogP contribution is 1.94. The van der Waals surface area contributed by atoms with Crippen LogP contribution in [0.4, 0.5) is 0 Å². The molecule has 2 N–H and O–H groups in total. The fourth-order valence-electron chi connectivity index (χ4n) is 1.24. The lowest BCUT2D eigenvalue weighted by Gasteiger charge is -2.11. The van der Waals surface area contributed by atoms with E-state index in [9.17, 15) is 4.79 Å². The summed E-state index contributed by atoms with van der Waals surface area (Å²) >= 11 is 0. The second-order valence-corrected chi connectivity index (χ2v) is 3.76. The number of hydrogen-bond donors (Lipinski definition) is 2. The summed E-state index contributed by atoms with van der Waals surface area (Å²) in [4.78, 5) is 15.5. The van der Waals surface area contributed by atoms with Gasteiger partial charge in [-0.15, -0.1) is 0 Å². The number of carbonyl (C=O) groups is 1. The molecular formula is C12H19N3O. The van der Waals surface area contributed by atoms with Crippen LogP contribution in [0.15, 0.2) is 24.5 Å². The Bertz CT molecular complexity index is 313. The maximum absolute atomic E-state index is 11.6. The van der Waals surface area contributed by atoms with Gasteiger partial charge in [0.2, 0.25) is 0 Å². The van der Waals surface area contributed by atoms with Gasteiger partial charge in [0.1, 0.15) is 0 Å². The number of carbonyl (C=O) groups excluding carboxylic acids is 1. The zero-order chi connectivity index (χ0) is 11.8. The van der Waals surface area contributed by atoms with Gasteiger partial charge in [-0.05, 0) is 25.5 Å². The summed E-state index contributed by atoms with van der Waals surface area (Å²) in [7, 11) is 0. The van der Waals surface area contributed by atoms with Crippen molar-refractivity contribution in [3.05, 3.63) is 30.1 Å². The number of amides is 1. The van der Waals surface area contributed by atoms with Gasteiger partial charge in [0.15, 0.2) is 0 Å². The van der Waals surface area contributed by atoms with Crippen LogP contribution in [0, 0.1) is 0 Å². The highest BCUT2D eigenvalue weighted by Gasteiger charge is 2.03. The van der Waals surface area contributed by atoms with Crippen molar-refractivity contribution in [1.29, 1.82) is 0 Å². The minimum absolute atomic E-state index is 0.0703. The van der Waals surface area contributed by atoms with Crippen LogP contribution in [0.1, 0.15) is 30.6 Å². The SMILES string of the molecule is CCC(C)NCCNC(=O)c1cccnc1. The number of nitrogens with zero attached hydrogens (tertiary/aromatic N) is 1. The van der Waals surface area contributed by atoms with E-state index < -0.39 is 0 Å². The zero-order valence-corrected chi connectivity index (χ0v) is 9.86.